The summed E-state index contributed by atoms with van der Waals surface area (Å²) in [7, 11) is 0. The van der Waals surface area contributed by atoms with Gasteiger partial charge in [-0.05, 0) is 155 Å². The molecule has 13 amide bonds. The van der Waals surface area contributed by atoms with Gasteiger partial charge >= 0.3 is 0 Å². The third-order valence-electron chi connectivity index (χ3n) is 25.3. The van der Waals surface area contributed by atoms with Crippen LogP contribution in [0.4, 0.5) is 0 Å². The first-order valence-corrected chi connectivity index (χ1v) is 45.9. The van der Waals surface area contributed by atoms with Gasteiger partial charge in [-0.25, -0.2) is 4.98 Å². The van der Waals surface area contributed by atoms with Crippen molar-refractivity contribution >= 4 is 115 Å². The van der Waals surface area contributed by atoms with Crippen molar-refractivity contribution in [3.63, 3.8) is 0 Å². The van der Waals surface area contributed by atoms with Crippen LogP contribution < -0.4 is 87.2 Å². The smallest absolute Gasteiger partial charge is 0.246 e. The fourth-order valence-electron chi connectivity index (χ4n) is 17.0. The van der Waals surface area contributed by atoms with Crippen molar-refractivity contribution in [1.29, 1.82) is 5.41 Å². The lowest BCUT2D eigenvalue weighted by Gasteiger charge is -2.35. The van der Waals surface area contributed by atoms with Crippen LogP contribution in [0.25, 0.3) is 32.7 Å². The van der Waals surface area contributed by atoms with Crippen molar-refractivity contribution in [2.24, 2.45) is 46.4 Å². The van der Waals surface area contributed by atoms with E-state index in [-0.39, 0.29) is 96.3 Å². The number of aromatic nitrogens is 5. The summed E-state index contributed by atoms with van der Waals surface area (Å²) in [5.74, 6) is -11.4. The molecule has 131 heavy (non-hydrogen) atoms. The number of hydrogen-bond donors (Lipinski definition) is 21. The van der Waals surface area contributed by atoms with Crippen molar-refractivity contribution in [1.82, 2.24) is 93.2 Å². The first-order chi connectivity index (χ1) is 63.0. The molecule has 2 saturated heterocycles. The molecule has 4 aromatic carbocycles. The van der Waals surface area contributed by atoms with E-state index in [2.05, 4.69) is 83.4 Å². The van der Waals surface area contributed by atoms with Gasteiger partial charge in [-0.15, -0.1) is 0 Å². The molecule has 10 rings (SSSR count). The van der Waals surface area contributed by atoms with Crippen LogP contribution >= 0.6 is 0 Å². The summed E-state index contributed by atoms with van der Waals surface area (Å²) < 4.78 is 0. The molecule has 37 nitrogen and oxygen atoms in total. The number of unbranched alkanes of at least 4 members (excludes halogenated alkanes) is 2. The summed E-state index contributed by atoms with van der Waals surface area (Å²) >= 11 is 0. The van der Waals surface area contributed by atoms with Crippen molar-refractivity contribution in [3.8, 4) is 0 Å². The van der Waals surface area contributed by atoms with E-state index in [1.165, 1.54) is 22.3 Å². The molecule has 6 heterocycles. The number of rotatable bonds is 51. The number of hydrogen-bond acceptors (Lipinski definition) is 18. The number of primary amides is 1. The summed E-state index contributed by atoms with van der Waals surface area (Å²) in [5, 5.41) is 41.8. The zero-order valence-corrected chi connectivity index (χ0v) is 75.7. The van der Waals surface area contributed by atoms with Crippen molar-refractivity contribution in [2.45, 2.75) is 249 Å². The Labute approximate surface area is 762 Å². The second-order valence-corrected chi connectivity index (χ2v) is 34.6. The number of H-pyrrole nitrogens is 4. The van der Waals surface area contributed by atoms with Crippen LogP contribution in [0.15, 0.2) is 134 Å². The molecule has 0 saturated carbocycles. The van der Waals surface area contributed by atoms with E-state index in [1.807, 2.05) is 106 Å². The molecule has 2 aliphatic heterocycles. The van der Waals surface area contributed by atoms with Crippen LogP contribution in [0.2, 0.25) is 0 Å². The fraction of sp³-hybridized carbons (Fsp3) is 0.500. The number of nitrogens with one attached hydrogen (secondary N) is 16. The fourth-order valence-corrected chi connectivity index (χ4v) is 17.0. The second kappa shape index (κ2) is 49.1. The Balaban J connectivity index is 0.897. The molecular formula is C94H132N24O13. The number of para-hydroxylation sites is 3. The molecule has 26 N–H and O–H groups in total. The number of guanidine groups is 1. The molecule has 37 heteroatoms. The zero-order valence-electron chi connectivity index (χ0n) is 75.7. The highest BCUT2D eigenvalue weighted by Gasteiger charge is 2.46. The molecule has 0 unspecified atom stereocenters. The molecule has 0 spiro atoms. The number of likely N-dealkylation sites (tertiary alicyclic amines) is 2. The van der Waals surface area contributed by atoms with E-state index in [1.54, 1.807) is 57.6 Å². The Kier molecular flexibility index (Phi) is 37.5. The predicted molar refractivity (Wildman–Crippen MR) is 498 cm³/mol. The lowest BCUT2D eigenvalue weighted by molar-refractivity contribution is -0.148. The third kappa shape index (κ3) is 27.5. The molecule has 706 valence electrons. The normalized spacial score (nSPS) is 17.0. The quantitative estimate of drug-likeness (QED) is 0.0148. The van der Waals surface area contributed by atoms with Crippen molar-refractivity contribution in [3.05, 3.63) is 162 Å². The first-order valence-electron chi connectivity index (χ1n) is 45.9. The number of imidazole rings is 1. The standard InChI is InChI=1S/C94H132N24O13/c1-7-54(4)78(115-91(129)79(55(5)8-2)114-88(126)72(44-57-26-11-10-12-27-57)110-82(120)65(97)45-58-49-103-66-31-16-13-28-62(58)66)90(128)113-74(47-60-51-105-68-33-18-15-30-64(60)68)86(124)112-75(48-61-52-101-53-106-61)87(125)111-73(46-59-50-104-67-32-17-14-29-63(59)67)85(123)109-71(36-23-41-102-94(99)100)83(121)108-70(35-20-22-40-96)84(122)116-80(56(6)9-3)93(131)118-43-25-38-77(118)92(130)117-42-24-37-76(117)89(127)107-69(81(98)119)34-19-21-39-95/h10-18,26-33,49-56,65,69-80,103-105H,7-9,19-25,34-48,95-97H2,1-6H3,(H2,98,119)(H,101,106)(H,107,127)(H,108,121)(H,109,123)(H,110,120)(H,111,125)(H,112,124)(H,113,128)(H,114,126)(H,115,129)(H,116,122)(H4,99,100,102)/t54-,55-,56-,65-,69-,70-,71-,72-,73-,74-,75-,76-,77-,78-,79-,80-/m0/s1. The number of benzene rings is 4. The largest absolute Gasteiger partial charge is 0.370 e. The van der Waals surface area contributed by atoms with Gasteiger partial charge in [0, 0.05) is 103 Å². The van der Waals surface area contributed by atoms with E-state index in [0.29, 0.717) is 115 Å². The maximum absolute atomic E-state index is 15.7. The predicted octanol–water partition coefficient (Wildman–Crippen LogP) is 2.67. The number of amides is 13. The van der Waals surface area contributed by atoms with Crippen LogP contribution in [-0.2, 0) is 94.4 Å². The van der Waals surface area contributed by atoms with Crippen LogP contribution in [-0.4, -0.2) is 229 Å². The number of aromatic amines is 4. The van der Waals surface area contributed by atoms with E-state index in [9.17, 15) is 24.0 Å². The first kappa shape index (κ1) is 100. The number of nitrogens with two attached hydrogens (primary N) is 5. The Morgan fingerprint density at radius 3 is 1.34 bits per heavy atom. The average Bonchev–Trinajstić information content (AvgIpc) is 1.68. The van der Waals surface area contributed by atoms with Gasteiger partial charge in [0.2, 0.25) is 76.8 Å². The number of carbonyl (C=O) groups excluding carboxylic acids is 13. The van der Waals surface area contributed by atoms with E-state index in [0.717, 1.165) is 16.5 Å². The SMILES string of the molecule is CC[C@H](C)[C@H](NC(=O)[C@H](Cc1ccccc1)NC(=O)[C@@H](N)Cc1c[nH]c2ccccc12)C(=O)N[C@H](C(=O)N[C@@H](Cc1c[nH]c2ccccc12)C(=O)N[C@@H](Cc1c[nH]cn1)C(=O)N[C@@H](Cc1c[nH]c2ccccc12)C(=O)N[C@@H](CCCNC(=N)N)C(=O)N[C@@H](CCCCN)C(=O)N[C@H](C(=O)N1CCC[C@H]1C(=O)N1CCC[C@H]1C(=O)N[C@@H](CCCCN)C(N)=O)[C@@H](C)CC)[C@@H](C)CC. The van der Waals surface area contributed by atoms with E-state index < -0.39 is 173 Å². The average molecular weight is 1810 g/mol. The molecule has 2 fully saturated rings. The number of carbonyl (C=O) groups is 13. The molecule has 0 radical (unpaired) electrons. The molecular weight excluding hydrogens is 1670 g/mol. The molecule has 4 aromatic heterocycles. The summed E-state index contributed by atoms with van der Waals surface area (Å²) in [6, 6.07) is 14.6. The Morgan fingerprint density at radius 2 is 0.840 bits per heavy atom. The molecule has 16 atom stereocenters. The lowest BCUT2D eigenvalue weighted by Crippen LogP contribution is -2.62. The molecule has 0 bridgehead atoms. The van der Waals surface area contributed by atoms with Gasteiger partial charge in [0.05, 0.1) is 18.1 Å². The van der Waals surface area contributed by atoms with Crippen molar-refractivity contribution in [2.75, 3.05) is 32.7 Å². The summed E-state index contributed by atoms with van der Waals surface area (Å²) in [6.45, 7) is 11.8. The highest BCUT2D eigenvalue weighted by atomic mass is 16.2. The molecule has 8 aromatic rings. The summed E-state index contributed by atoms with van der Waals surface area (Å²) in [5.41, 5.74) is 34.9. The van der Waals surface area contributed by atoms with E-state index >= 15 is 38.4 Å². The van der Waals surface area contributed by atoms with Crippen LogP contribution in [0.1, 0.15) is 166 Å². The minimum atomic E-state index is -1.58. The van der Waals surface area contributed by atoms with Gasteiger partial charge < -0.3 is 117 Å². The Morgan fingerprint density at radius 1 is 0.435 bits per heavy atom. The van der Waals surface area contributed by atoms with Gasteiger partial charge in [0.25, 0.3) is 0 Å². The van der Waals surface area contributed by atoms with Crippen LogP contribution in [0.5, 0.6) is 0 Å². The maximum Gasteiger partial charge on any atom is 0.246 e. The second-order valence-electron chi connectivity index (χ2n) is 34.6. The highest BCUT2D eigenvalue weighted by molar-refractivity contribution is 6.01. The Bertz CT molecular complexity index is 5210. The monoisotopic (exact) mass is 1810 g/mol. The summed E-state index contributed by atoms with van der Waals surface area (Å²) in [6.07, 6.45) is 12.2. The highest BCUT2D eigenvalue weighted by Crippen LogP contribution is 2.30. The van der Waals surface area contributed by atoms with Gasteiger partial charge in [0.1, 0.15) is 72.5 Å². The number of fused-ring (bicyclic) bond motifs is 3. The van der Waals surface area contributed by atoms with Crippen LogP contribution in [0, 0.1) is 23.2 Å². The van der Waals surface area contributed by atoms with Gasteiger partial charge in [-0.1, -0.05) is 146 Å². The topological polar surface area (TPSA) is 591 Å². The van der Waals surface area contributed by atoms with Crippen molar-refractivity contribution < 1.29 is 62.3 Å². The van der Waals surface area contributed by atoms with Gasteiger partial charge in [0.15, 0.2) is 5.96 Å². The zero-order chi connectivity index (χ0) is 94.4. The minimum absolute atomic E-state index is 0.00563. The third-order valence-corrected chi connectivity index (χ3v) is 25.3. The minimum Gasteiger partial charge on any atom is -0.370 e. The van der Waals surface area contributed by atoms with Gasteiger partial charge in [-0.2, -0.15) is 0 Å². The molecule has 0 aliphatic carbocycles. The maximum atomic E-state index is 15.7. The summed E-state index contributed by atoms with van der Waals surface area (Å²) in [4.78, 5) is 213. The molecule has 2 aliphatic rings. The number of nitrogens with zero attached hydrogens (tertiary/aromatic N) is 3. The lowest BCUT2D eigenvalue weighted by atomic mass is 9.94. The Hall–Kier alpha value is -13.0. The van der Waals surface area contributed by atoms with Gasteiger partial charge in [-0.3, -0.25) is 67.7 Å². The van der Waals surface area contributed by atoms with E-state index in [4.69, 9.17) is 34.1 Å². The van der Waals surface area contributed by atoms with Crippen LogP contribution in [0.3, 0.4) is 0 Å².